The number of para-hydroxylation sites is 1. The largest absolute Gasteiger partial charge is 0.334 e. The smallest absolute Gasteiger partial charge is 0.260 e. The first-order valence-electron chi connectivity index (χ1n) is 7.23. The fourth-order valence-corrected chi connectivity index (χ4v) is 2.58. The van der Waals surface area contributed by atoms with E-state index in [0.717, 1.165) is 4.88 Å². The summed E-state index contributed by atoms with van der Waals surface area (Å²) in [6.07, 6.45) is 0. The lowest BCUT2D eigenvalue weighted by Gasteiger charge is -2.18. The lowest BCUT2D eigenvalue weighted by atomic mass is 9.95. The third-order valence-electron chi connectivity index (χ3n) is 3.25. The van der Waals surface area contributed by atoms with Gasteiger partial charge in [0.1, 0.15) is 0 Å². The Balaban J connectivity index is 1.93. The first-order chi connectivity index (χ1) is 10.9. The number of nitrogens with zero attached hydrogens (tertiary/aromatic N) is 2. The van der Waals surface area contributed by atoms with Gasteiger partial charge < -0.3 is 9.84 Å². The number of rotatable bonds is 3. The molecule has 0 unspecified atom stereocenters. The van der Waals surface area contributed by atoms with Gasteiger partial charge in [-0.25, -0.2) is 0 Å². The van der Waals surface area contributed by atoms with Crippen LogP contribution >= 0.6 is 11.3 Å². The summed E-state index contributed by atoms with van der Waals surface area (Å²) in [5.41, 5.74) is 0.888. The maximum absolute atomic E-state index is 12.2. The molecule has 0 fully saturated rings. The Hall–Kier alpha value is -2.47. The van der Waals surface area contributed by atoms with E-state index in [9.17, 15) is 4.79 Å². The summed E-state index contributed by atoms with van der Waals surface area (Å²) in [5, 5.41) is 8.91. The quantitative estimate of drug-likeness (QED) is 0.771. The number of hydrogen-bond acceptors (Lipinski definition) is 5. The molecule has 3 rings (SSSR count). The van der Waals surface area contributed by atoms with Gasteiger partial charge in [-0.15, -0.1) is 11.3 Å². The molecule has 0 atom stereocenters. The lowest BCUT2D eigenvalue weighted by Crippen LogP contribution is -2.27. The average Bonchev–Trinajstić information content (AvgIpc) is 3.18. The highest BCUT2D eigenvalue weighted by atomic mass is 32.1. The van der Waals surface area contributed by atoms with Gasteiger partial charge in [0.15, 0.2) is 0 Å². The van der Waals surface area contributed by atoms with E-state index < -0.39 is 5.41 Å². The molecule has 0 bridgehead atoms. The van der Waals surface area contributed by atoms with Gasteiger partial charge in [0.25, 0.3) is 5.89 Å². The molecule has 0 spiro atoms. The second-order valence-electron chi connectivity index (χ2n) is 6.15. The predicted octanol–water partition coefficient (Wildman–Crippen LogP) is 4.45. The van der Waals surface area contributed by atoms with Crippen LogP contribution in [0.15, 0.2) is 46.3 Å². The molecule has 3 aromatic rings. The van der Waals surface area contributed by atoms with Gasteiger partial charge in [-0.1, -0.05) is 44.1 Å². The van der Waals surface area contributed by atoms with Crippen molar-refractivity contribution in [3.05, 3.63) is 41.8 Å². The highest BCUT2D eigenvalue weighted by Crippen LogP contribution is 2.30. The van der Waals surface area contributed by atoms with Gasteiger partial charge in [-0.05, 0) is 23.6 Å². The van der Waals surface area contributed by atoms with Gasteiger partial charge in [-0.2, -0.15) is 4.98 Å². The highest BCUT2D eigenvalue weighted by Gasteiger charge is 2.23. The number of hydrogen-bond donors (Lipinski definition) is 1. The monoisotopic (exact) mass is 327 g/mol. The van der Waals surface area contributed by atoms with E-state index in [2.05, 4.69) is 15.5 Å². The van der Waals surface area contributed by atoms with Gasteiger partial charge in [0.05, 0.1) is 16.1 Å². The third kappa shape index (κ3) is 3.32. The second kappa shape index (κ2) is 5.96. The molecule has 0 saturated carbocycles. The molecule has 1 aromatic carbocycles. The Kier molecular flexibility index (Phi) is 4.00. The number of benzene rings is 1. The average molecular weight is 327 g/mol. The summed E-state index contributed by atoms with van der Waals surface area (Å²) in [6, 6.07) is 11.3. The van der Waals surface area contributed by atoms with Gasteiger partial charge >= 0.3 is 0 Å². The topological polar surface area (TPSA) is 68.0 Å². The van der Waals surface area contributed by atoms with Crippen LogP contribution in [0.4, 0.5) is 5.69 Å². The normalized spacial score (nSPS) is 11.4. The van der Waals surface area contributed by atoms with Gasteiger partial charge in [0.2, 0.25) is 11.7 Å². The number of nitrogens with one attached hydrogen (secondary N) is 1. The molecule has 0 radical (unpaired) electrons. The van der Waals surface area contributed by atoms with Crippen LogP contribution in [0, 0.1) is 5.41 Å². The summed E-state index contributed by atoms with van der Waals surface area (Å²) in [4.78, 5) is 17.6. The molecule has 0 aliphatic heterocycles. The Bertz CT molecular complexity index is 816. The summed E-state index contributed by atoms with van der Waals surface area (Å²) in [6.45, 7) is 5.60. The predicted molar refractivity (Wildman–Crippen MR) is 91.1 cm³/mol. The van der Waals surface area contributed by atoms with Crippen molar-refractivity contribution in [2.24, 2.45) is 5.41 Å². The fourth-order valence-electron chi connectivity index (χ4n) is 1.93. The van der Waals surface area contributed by atoms with Crippen molar-refractivity contribution in [3.8, 4) is 22.2 Å². The molecule has 2 heterocycles. The minimum Gasteiger partial charge on any atom is -0.334 e. The molecule has 118 valence electrons. The summed E-state index contributed by atoms with van der Waals surface area (Å²) in [7, 11) is 0. The summed E-state index contributed by atoms with van der Waals surface area (Å²) >= 11 is 1.55. The number of carbonyl (C=O) groups is 1. The van der Waals surface area contributed by atoms with E-state index in [1.54, 1.807) is 11.3 Å². The molecule has 0 aliphatic rings. The van der Waals surface area contributed by atoms with Crippen molar-refractivity contribution < 1.29 is 9.32 Å². The Morgan fingerprint density at radius 3 is 2.65 bits per heavy atom. The molecule has 6 heteroatoms. The van der Waals surface area contributed by atoms with Crippen molar-refractivity contribution in [2.45, 2.75) is 20.8 Å². The molecular formula is C17H17N3O2S. The zero-order valence-electron chi connectivity index (χ0n) is 13.2. The van der Waals surface area contributed by atoms with Crippen molar-refractivity contribution >= 4 is 22.9 Å². The molecule has 23 heavy (non-hydrogen) atoms. The number of amides is 1. The minimum absolute atomic E-state index is 0.0667. The maximum Gasteiger partial charge on any atom is 0.260 e. The van der Waals surface area contributed by atoms with E-state index >= 15 is 0 Å². The number of anilines is 1. The van der Waals surface area contributed by atoms with E-state index in [4.69, 9.17) is 4.52 Å². The van der Waals surface area contributed by atoms with Crippen LogP contribution in [0.3, 0.4) is 0 Å². The molecule has 5 nitrogen and oxygen atoms in total. The fraction of sp³-hybridized carbons (Fsp3) is 0.235. The number of thiophene rings is 1. The molecule has 1 amide bonds. The SMILES string of the molecule is CC(C)(C)C(=O)Nc1ccccc1-c1nc(-c2cccs2)no1. The van der Waals surface area contributed by atoms with Crippen LogP contribution < -0.4 is 5.32 Å². The Morgan fingerprint density at radius 1 is 1.17 bits per heavy atom. The minimum atomic E-state index is -0.482. The van der Waals surface area contributed by atoms with Crippen molar-refractivity contribution in [3.63, 3.8) is 0 Å². The van der Waals surface area contributed by atoms with E-state index in [0.29, 0.717) is 23.0 Å². The van der Waals surface area contributed by atoms with Crippen LogP contribution in [0.2, 0.25) is 0 Å². The van der Waals surface area contributed by atoms with Gasteiger partial charge in [-0.3, -0.25) is 4.79 Å². The van der Waals surface area contributed by atoms with Crippen LogP contribution in [-0.2, 0) is 4.79 Å². The second-order valence-corrected chi connectivity index (χ2v) is 7.10. The molecule has 2 aromatic heterocycles. The number of carbonyl (C=O) groups excluding carboxylic acids is 1. The van der Waals surface area contributed by atoms with Crippen molar-refractivity contribution in [2.75, 3.05) is 5.32 Å². The zero-order chi connectivity index (χ0) is 16.4. The van der Waals surface area contributed by atoms with Crippen molar-refractivity contribution in [1.29, 1.82) is 0 Å². The number of aromatic nitrogens is 2. The molecule has 1 N–H and O–H groups in total. The van der Waals surface area contributed by atoms with Gasteiger partial charge in [0, 0.05) is 5.41 Å². The Labute approximate surface area is 138 Å². The maximum atomic E-state index is 12.2. The van der Waals surface area contributed by atoms with Crippen LogP contribution in [0.25, 0.3) is 22.2 Å². The van der Waals surface area contributed by atoms with E-state index in [1.807, 2.05) is 62.5 Å². The standard InChI is InChI=1S/C17H17N3O2S/c1-17(2,3)16(21)18-12-8-5-4-7-11(12)15-19-14(20-22-15)13-9-6-10-23-13/h4-10H,1-3H3,(H,18,21). The van der Waals surface area contributed by atoms with Crippen LogP contribution in [-0.4, -0.2) is 16.0 Å². The first-order valence-corrected chi connectivity index (χ1v) is 8.11. The lowest BCUT2D eigenvalue weighted by molar-refractivity contribution is -0.123. The van der Waals surface area contributed by atoms with Crippen LogP contribution in [0.5, 0.6) is 0 Å². The van der Waals surface area contributed by atoms with E-state index in [1.165, 1.54) is 0 Å². The molecular weight excluding hydrogens is 310 g/mol. The molecule has 0 aliphatic carbocycles. The van der Waals surface area contributed by atoms with Crippen molar-refractivity contribution in [1.82, 2.24) is 10.1 Å². The molecule has 0 saturated heterocycles. The third-order valence-corrected chi connectivity index (χ3v) is 4.12. The van der Waals surface area contributed by atoms with E-state index in [-0.39, 0.29) is 5.91 Å². The first kappa shape index (κ1) is 15.4. The highest BCUT2D eigenvalue weighted by molar-refractivity contribution is 7.13. The van der Waals surface area contributed by atoms with Crippen LogP contribution in [0.1, 0.15) is 20.8 Å². The zero-order valence-corrected chi connectivity index (χ0v) is 14.0. The summed E-state index contributed by atoms with van der Waals surface area (Å²) < 4.78 is 5.38. The Morgan fingerprint density at radius 2 is 1.96 bits per heavy atom. The summed E-state index contributed by atoms with van der Waals surface area (Å²) in [5.74, 6) is 0.869.